The number of benzene rings is 1. The van der Waals surface area contributed by atoms with E-state index in [-0.39, 0.29) is 29.2 Å². The van der Waals surface area contributed by atoms with E-state index in [1.165, 1.54) is 22.9 Å². The minimum absolute atomic E-state index is 0.240. The lowest BCUT2D eigenvalue weighted by Gasteiger charge is -2.09. The van der Waals surface area contributed by atoms with Crippen molar-refractivity contribution in [2.24, 2.45) is 0 Å². The van der Waals surface area contributed by atoms with Crippen LogP contribution in [-0.4, -0.2) is 28.8 Å². The molecule has 3 N–H and O–H groups in total. The van der Waals surface area contributed by atoms with Crippen LogP contribution in [0.25, 0.3) is 0 Å². The van der Waals surface area contributed by atoms with Gasteiger partial charge in [0, 0.05) is 12.3 Å². The van der Waals surface area contributed by atoms with Crippen LogP contribution >= 0.6 is 11.6 Å². The van der Waals surface area contributed by atoms with Crippen LogP contribution in [0.1, 0.15) is 10.4 Å². The van der Waals surface area contributed by atoms with E-state index in [1.54, 1.807) is 30.3 Å². The monoisotopic (exact) mass is 362 g/mol. The summed E-state index contributed by atoms with van der Waals surface area (Å²) in [6.45, 7) is -0.596. The quantitative estimate of drug-likeness (QED) is 0.654. The van der Waals surface area contributed by atoms with Crippen molar-refractivity contribution in [2.75, 3.05) is 6.54 Å². The average Bonchev–Trinajstić information content (AvgIpc) is 2.60. The molecule has 130 valence electrons. The number of aromatic nitrogens is 1. The number of pyridine rings is 1. The molecule has 0 aliphatic heterocycles. The van der Waals surface area contributed by atoms with E-state index >= 15 is 0 Å². The predicted octanol–water partition coefficient (Wildman–Crippen LogP) is 0.0791. The molecule has 9 heteroatoms. The number of nitrogens with zero attached hydrogens (tertiary/aromatic N) is 1. The second-order valence-electron chi connectivity index (χ2n) is 4.93. The molecule has 0 radical (unpaired) electrons. The van der Waals surface area contributed by atoms with Crippen molar-refractivity contribution in [1.29, 1.82) is 0 Å². The maximum Gasteiger partial charge on any atom is 0.258 e. The van der Waals surface area contributed by atoms with Crippen molar-refractivity contribution < 1.29 is 14.4 Å². The molecule has 2 rings (SSSR count). The van der Waals surface area contributed by atoms with Gasteiger partial charge in [-0.15, -0.1) is 0 Å². The summed E-state index contributed by atoms with van der Waals surface area (Å²) < 4.78 is 1.18. The molecule has 25 heavy (non-hydrogen) atoms. The molecule has 1 aromatic carbocycles. The van der Waals surface area contributed by atoms with E-state index in [0.29, 0.717) is 0 Å². The van der Waals surface area contributed by atoms with Gasteiger partial charge in [-0.1, -0.05) is 29.8 Å². The van der Waals surface area contributed by atoms with Gasteiger partial charge in [-0.3, -0.25) is 30.0 Å². The summed E-state index contributed by atoms with van der Waals surface area (Å²) in [6.07, 6.45) is 1.45. The third-order valence-corrected chi connectivity index (χ3v) is 3.41. The second-order valence-corrected chi connectivity index (χ2v) is 5.33. The first-order chi connectivity index (χ1) is 12.0. The Kier molecular flexibility index (Phi) is 6.30. The number of amides is 3. The molecule has 0 fully saturated rings. The van der Waals surface area contributed by atoms with E-state index < -0.39 is 17.7 Å². The first-order valence-corrected chi connectivity index (χ1v) is 7.61. The molecule has 0 saturated carbocycles. The molecule has 0 bridgehead atoms. The highest BCUT2D eigenvalue weighted by Crippen LogP contribution is 2.14. The van der Waals surface area contributed by atoms with Gasteiger partial charge in [-0.05, 0) is 18.2 Å². The van der Waals surface area contributed by atoms with Gasteiger partial charge in [0.2, 0.25) is 0 Å². The number of hydrazine groups is 1. The predicted molar refractivity (Wildman–Crippen MR) is 90.8 cm³/mol. The summed E-state index contributed by atoms with van der Waals surface area (Å²) in [5, 5.41) is 2.65. The van der Waals surface area contributed by atoms with Crippen LogP contribution in [-0.2, 0) is 16.1 Å². The highest BCUT2D eigenvalue weighted by atomic mass is 35.5. The van der Waals surface area contributed by atoms with E-state index in [1.807, 2.05) is 0 Å². The lowest BCUT2D eigenvalue weighted by atomic mass is 10.2. The standard InChI is InChI=1S/C16H15ClN4O4/c17-12-6-2-1-5-11(12)16(25)18-9-13(22)19-20-14(23)10-21-8-4-3-7-15(21)24/h1-8H,9-10H2,(H,18,25)(H,19,22)(H,20,23). The van der Waals surface area contributed by atoms with Crippen molar-refractivity contribution in [3.63, 3.8) is 0 Å². The zero-order valence-electron chi connectivity index (χ0n) is 13.0. The Morgan fingerprint density at radius 1 is 0.960 bits per heavy atom. The Morgan fingerprint density at radius 3 is 2.36 bits per heavy atom. The van der Waals surface area contributed by atoms with Crippen LogP contribution in [0.4, 0.5) is 0 Å². The summed E-state index contributed by atoms with van der Waals surface area (Å²) in [6, 6.07) is 10.9. The summed E-state index contributed by atoms with van der Waals surface area (Å²) in [4.78, 5) is 46.7. The molecule has 0 aliphatic rings. The van der Waals surface area contributed by atoms with Crippen LogP contribution in [0.15, 0.2) is 53.5 Å². The summed E-state index contributed by atoms with van der Waals surface area (Å²) in [5.74, 6) is -1.73. The Bertz CT molecular complexity index is 850. The normalized spacial score (nSPS) is 9.96. The van der Waals surface area contributed by atoms with Gasteiger partial charge in [0.15, 0.2) is 0 Å². The lowest BCUT2D eigenvalue weighted by molar-refractivity contribution is -0.128. The Balaban J connectivity index is 1.76. The molecule has 0 saturated heterocycles. The highest BCUT2D eigenvalue weighted by molar-refractivity contribution is 6.33. The summed E-state index contributed by atoms with van der Waals surface area (Å²) >= 11 is 5.88. The molecule has 3 amide bonds. The number of hydrogen-bond acceptors (Lipinski definition) is 4. The molecule has 0 spiro atoms. The topological polar surface area (TPSA) is 109 Å². The van der Waals surface area contributed by atoms with E-state index in [0.717, 1.165) is 0 Å². The highest BCUT2D eigenvalue weighted by Gasteiger charge is 2.11. The van der Waals surface area contributed by atoms with E-state index in [4.69, 9.17) is 11.6 Å². The average molecular weight is 363 g/mol. The molecule has 1 aromatic heterocycles. The lowest BCUT2D eigenvalue weighted by Crippen LogP contribution is -2.47. The molecular formula is C16H15ClN4O4. The maximum absolute atomic E-state index is 11.9. The Labute approximate surface area is 147 Å². The molecule has 8 nitrogen and oxygen atoms in total. The SMILES string of the molecule is O=C(CNC(=O)c1ccccc1Cl)NNC(=O)Cn1ccccc1=O. The fourth-order valence-electron chi connectivity index (χ4n) is 1.87. The van der Waals surface area contributed by atoms with Gasteiger partial charge in [-0.25, -0.2) is 0 Å². The first kappa shape index (κ1) is 18.2. The van der Waals surface area contributed by atoms with Crippen LogP contribution in [0.2, 0.25) is 5.02 Å². The van der Waals surface area contributed by atoms with Gasteiger partial charge in [0.05, 0.1) is 17.1 Å². The Hall–Kier alpha value is -3.13. The summed E-state index contributed by atoms with van der Waals surface area (Å²) in [5.41, 5.74) is 4.20. The summed E-state index contributed by atoms with van der Waals surface area (Å²) in [7, 11) is 0. The minimum atomic E-state index is -0.630. The number of nitrogens with one attached hydrogen (secondary N) is 3. The minimum Gasteiger partial charge on any atom is -0.343 e. The van der Waals surface area contributed by atoms with Crippen LogP contribution in [0.5, 0.6) is 0 Å². The van der Waals surface area contributed by atoms with Gasteiger partial charge in [0.1, 0.15) is 6.54 Å². The largest absolute Gasteiger partial charge is 0.343 e. The van der Waals surface area contributed by atoms with Gasteiger partial charge in [0.25, 0.3) is 23.3 Å². The zero-order chi connectivity index (χ0) is 18.2. The number of halogens is 1. The zero-order valence-corrected chi connectivity index (χ0v) is 13.7. The molecular weight excluding hydrogens is 348 g/mol. The van der Waals surface area contributed by atoms with Gasteiger partial charge < -0.3 is 9.88 Å². The van der Waals surface area contributed by atoms with Crippen molar-refractivity contribution in [2.45, 2.75) is 6.54 Å². The van der Waals surface area contributed by atoms with Crippen molar-refractivity contribution in [3.8, 4) is 0 Å². The second kappa shape index (κ2) is 8.65. The van der Waals surface area contributed by atoms with Gasteiger partial charge >= 0.3 is 0 Å². The fraction of sp³-hybridized carbons (Fsp3) is 0.125. The van der Waals surface area contributed by atoms with Crippen molar-refractivity contribution in [1.82, 2.24) is 20.7 Å². The number of carbonyl (C=O) groups is 3. The third-order valence-electron chi connectivity index (χ3n) is 3.08. The van der Waals surface area contributed by atoms with E-state index in [9.17, 15) is 19.2 Å². The third kappa shape index (κ3) is 5.47. The van der Waals surface area contributed by atoms with Crippen LogP contribution < -0.4 is 21.7 Å². The molecule has 0 aliphatic carbocycles. The first-order valence-electron chi connectivity index (χ1n) is 7.23. The van der Waals surface area contributed by atoms with Crippen LogP contribution in [0, 0.1) is 0 Å². The molecule has 0 unspecified atom stereocenters. The molecule has 2 aromatic rings. The maximum atomic E-state index is 11.9. The van der Waals surface area contributed by atoms with Gasteiger partial charge in [-0.2, -0.15) is 0 Å². The molecule has 1 heterocycles. The van der Waals surface area contributed by atoms with E-state index in [2.05, 4.69) is 16.2 Å². The van der Waals surface area contributed by atoms with Crippen molar-refractivity contribution >= 4 is 29.3 Å². The smallest absolute Gasteiger partial charge is 0.258 e. The Morgan fingerprint density at radius 2 is 1.64 bits per heavy atom. The van der Waals surface area contributed by atoms with Crippen molar-refractivity contribution in [3.05, 3.63) is 69.6 Å². The van der Waals surface area contributed by atoms with Crippen LogP contribution in [0.3, 0.4) is 0 Å². The molecule has 0 atom stereocenters. The number of hydrogen-bond donors (Lipinski definition) is 3. The number of rotatable bonds is 5. The fourth-order valence-corrected chi connectivity index (χ4v) is 2.09. The number of carbonyl (C=O) groups excluding carboxylic acids is 3.